The minimum Gasteiger partial charge on any atom is -0.489 e. The van der Waals surface area contributed by atoms with Crippen molar-refractivity contribution in [1.29, 1.82) is 0 Å². The molecule has 3 heteroatoms. The fraction of sp³-hybridized carbons (Fsp3) is 0.294. The molecular weight excluding hydrogens is 270 g/mol. The smallest absolute Gasteiger partial charge is 0.121 e. The fourth-order valence-electron chi connectivity index (χ4n) is 2.09. The van der Waals surface area contributed by atoms with Crippen LogP contribution in [0, 0.1) is 0 Å². The van der Waals surface area contributed by atoms with Gasteiger partial charge in [-0.2, -0.15) is 0 Å². The van der Waals surface area contributed by atoms with Gasteiger partial charge >= 0.3 is 0 Å². The third-order valence-corrected chi connectivity index (χ3v) is 3.50. The van der Waals surface area contributed by atoms with Crippen molar-refractivity contribution in [1.82, 2.24) is 5.32 Å². The summed E-state index contributed by atoms with van der Waals surface area (Å²) in [4.78, 5) is 0. The van der Waals surface area contributed by atoms with Crippen molar-refractivity contribution in [3.63, 3.8) is 0 Å². The molecule has 2 aromatic carbocycles. The molecule has 0 aliphatic rings. The molecular formula is C17H20ClNO. The molecule has 1 atom stereocenters. The maximum Gasteiger partial charge on any atom is 0.121 e. The van der Waals surface area contributed by atoms with Crippen molar-refractivity contribution in [3.8, 4) is 5.75 Å². The van der Waals surface area contributed by atoms with Gasteiger partial charge in [0, 0.05) is 11.6 Å². The Morgan fingerprint density at radius 2 is 1.90 bits per heavy atom. The highest BCUT2D eigenvalue weighted by atomic mass is 35.5. The summed E-state index contributed by atoms with van der Waals surface area (Å²) in [6.45, 7) is 3.76. The molecule has 0 saturated heterocycles. The average molecular weight is 290 g/mol. The maximum atomic E-state index is 5.93. The van der Waals surface area contributed by atoms with E-state index in [1.54, 1.807) is 0 Å². The highest BCUT2D eigenvalue weighted by Crippen LogP contribution is 2.19. The second-order valence-corrected chi connectivity index (χ2v) is 5.38. The van der Waals surface area contributed by atoms with E-state index >= 15 is 0 Å². The van der Waals surface area contributed by atoms with E-state index in [9.17, 15) is 0 Å². The number of likely N-dealkylation sites (N-methyl/N-ethyl adjacent to an activating group) is 1. The summed E-state index contributed by atoms with van der Waals surface area (Å²) in [5, 5.41) is 3.89. The Kier molecular flexibility index (Phi) is 5.45. The van der Waals surface area contributed by atoms with Crippen LogP contribution in [-0.4, -0.2) is 13.6 Å². The highest BCUT2D eigenvalue weighted by Gasteiger charge is 2.04. The summed E-state index contributed by atoms with van der Waals surface area (Å²) in [6, 6.07) is 16.0. The number of hydrogen-bond acceptors (Lipinski definition) is 2. The second kappa shape index (κ2) is 7.32. The lowest BCUT2D eigenvalue weighted by Gasteiger charge is -2.12. The Balaban J connectivity index is 1.94. The molecule has 0 amide bonds. The largest absolute Gasteiger partial charge is 0.489 e. The van der Waals surface area contributed by atoms with E-state index in [1.807, 2.05) is 31.3 Å². The van der Waals surface area contributed by atoms with Crippen LogP contribution in [0.1, 0.15) is 24.0 Å². The minimum absolute atomic E-state index is 0.517. The van der Waals surface area contributed by atoms with Crippen LogP contribution < -0.4 is 10.1 Å². The first-order valence-corrected chi connectivity index (χ1v) is 7.18. The molecule has 0 heterocycles. The average Bonchev–Trinajstić information content (AvgIpc) is 2.46. The summed E-state index contributed by atoms with van der Waals surface area (Å²) >= 11 is 5.93. The lowest BCUT2D eigenvalue weighted by Crippen LogP contribution is -2.14. The number of ether oxygens (including phenoxy) is 1. The molecule has 0 radical (unpaired) electrons. The second-order valence-electron chi connectivity index (χ2n) is 4.95. The SMILES string of the molecule is CNCC(C)c1ccc(COc2cccc(Cl)c2)cc1. The van der Waals surface area contributed by atoms with Gasteiger partial charge in [0.05, 0.1) is 0 Å². The molecule has 2 rings (SSSR count). The quantitative estimate of drug-likeness (QED) is 0.859. The van der Waals surface area contributed by atoms with Crippen LogP contribution in [-0.2, 0) is 6.61 Å². The van der Waals surface area contributed by atoms with Gasteiger partial charge in [0.2, 0.25) is 0 Å². The van der Waals surface area contributed by atoms with Gasteiger partial charge in [-0.3, -0.25) is 0 Å². The molecule has 2 aromatic rings. The van der Waals surface area contributed by atoms with E-state index in [0.717, 1.165) is 17.9 Å². The zero-order valence-corrected chi connectivity index (χ0v) is 12.7. The molecule has 1 unspecified atom stereocenters. The molecule has 20 heavy (non-hydrogen) atoms. The van der Waals surface area contributed by atoms with E-state index in [2.05, 4.69) is 36.5 Å². The van der Waals surface area contributed by atoms with Crippen LogP contribution >= 0.6 is 11.6 Å². The summed E-state index contributed by atoms with van der Waals surface area (Å²) in [7, 11) is 1.98. The van der Waals surface area contributed by atoms with Crippen LogP contribution in [0.4, 0.5) is 0 Å². The Morgan fingerprint density at radius 1 is 1.15 bits per heavy atom. The summed E-state index contributed by atoms with van der Waals surface area (Å²) in [5.41, 5.74) is 2.50. The molecule has 0 saturated carbocycles. The minimum atomic E-state index is 0.517. The summed E-state index contributed by atoms with van der Waals surface area (Å²) < 4.78 is 5.72. The van der Waals surface area contributed by atoms with Gasteiger partial charge in [0.1, 0.15) is 12.4 Å². The normalized spacial score (nSPS) is 12.2. The van der Waals surface area contributed by atoms with E-state index in [4.69, 9.17) is 16.3 Å². The third kappa shape index (κ3) is 4.26. The molecule has 0 aliphatic heterocycles. The molecule has 2 nitrogen and oxygen atoms in total. The van der Waals surface area contributed by atoms with Crippen molar-refractivity contribution in [2.45, 2.75) is 19.4 Å². The lowest BCUT2D eigenvalue weighted by molar-refractivity contribution is 0.306. The molecule has 0 aliphatic carbocycles. The number of nitrogens with one attached hydrogen (secondary N) is 1. The zero-order valence-electron chi connectivity index (χ0n) is 11.9. The Hall–Kier alpha value is -1.51. The number of rotatable bonds is 6. The molecule has 0 aromatic heterocycles. The number of halogens is 1. The standard InChI is InChI=1S/C17H20ClNO/c1-13(11-19-2)15-8-6-14(7-9-15)12-20-17-5-3-4-16(18)10-17/h3-10,13,19H,11-12H2,1-2H3. The van der Waals surface area contributed by atoms with Crippen molar-refractivity contribution in [3.05, 3.63) is 64.7 Å². The van der Waals surface area contributed by atoms with E-state index in [1.165, 1.54) is 5.56 Å². The molecule has 0 bridgehead atoms. The first kappa shape index (κ1) is 14.9. The Labute approximate surface area is 125 Å². The van der Waals surface area contributed by atoms with Gasteiger partial charge in [-0.25, -0.2) is 0 Å². The highest BCUT2D eigenvalue weighted by molar-refractivity contribution is 6.30. The predicted molar refractivity (Wildman–Crippen MR) is 84.6 cm³/mol. The van der Waals surface area contributed by atoms with Crippen LogP contribution in [0.2, 0.25) is 5.02 Å². The zero-order chi connectivity index (χ0) is 14.4. The third-order valence-electron chi connectivity index (χ3n) is 3.26. The van der Waals surface area contributed by atoms with Gasteiger partial charge < -0.3 is 10.1 Å². The number of benzene rings is 2. The maximum absolute atomic E-state index is 5.93. The molecule has 106 valence electrons. The van der Waals surface area contributed by atoms with Gasteiger partial charge in [-0.1, -0.05) is 48.9 Å². The van der Waals surface area contributed by atoms with Gasteiger partial charge in [0.15, 0.2) is 0 Å². The molecule has 0 spiro atoms. The fourth-order valence-corrected chi connectivity index (χ4v) is 2.27. The van der Waals surface area contributed by atoms with Gasteiger partial charge in [-0.05, 0) is 42.3 Å². The first-order chi connectivity index (χ1) is 9.69. The Morgan fingerprint density at radius 3 is 2.55 bits per heavy atom. The van der Waals surface area contributed by atoms with Crippen LogP contribution in [0.15, 0.2) is 48.5 Å². The number of hydrogen-bond donors (Lipinski definition) is 1. The van der Waals surface area contributed by atoms with Crippen LogP contribution in [0.5, 0.6) is 5.75 Å². The predicted octanol–water partition coefficient (Wildman–Crippen LogP) is 4.24. The van der Waals surface area contributed by atoms with E-state index in [0.29, 0.717) is 17.5 Å². The molecule has 1 N–H and O–H groups in total. The van der Waals surface area contributed by atoms with Crippen LogP contribution in [0.25, 0.3) is 0 Å². The monoisotopic (exact) mass is 289 g/mol. The van der Waals surface area contributed by atoms with Crippen molar-refractivity contribution in [2.24, 2.45) is 0 Å². The van der Waals surface area contributed by atoms with Crippen molar-refractivity contribution in [2.75, 3.05) is 13.6 Å². The first-order valence-electron chi connectivity index (χ1n) is 6.81. The van der Waals surface area contributed by atoms with E-state index in [-0.39, 0.29) is 0 Å². The topological polar surface area (TPSA) is 21.3 Å². The van der Waals surface area contributed by atoms with Crippen molar-refractivity contribution >= 4 is 11.6 Å². The Bertz CT molecular complexity index is 539. The van der Waals surface area contributed by atoms with Gasteiger partial charge in [-0.15, -0.1) is 0 Å². The summed E-state index contributed by atoms with van der Waals surface area (Å²) in [6.07, 6.45) is 0. The molecule has 0 fully saturated rings. The lowest BCUT2D eigenvalue weighted by atomic mass is 10.00. The van der Waals surface area contributed by atoms with E-state index < -0.39 is 0 Å². The summed E-state index contributed by atoms with van der Waals surface area (Å²) in [5.74, 6) is 1.31. The van der Waals surface area contributed by atoms with Gasteiger partial charge in [0.25, 0.3) is 0 Å². The van der Waals surface area contributed by atoms with Crippen LogP contribution in [0.3, 0.4) is 0 Å². The van der Waals surface area contributed by atoms with Crippen molar-refractivity contribution < 1.29 is 4.74 Å².